The van der Waals surface area contributed by atoms with Crippen molar-refractivity contribution < 1.29 is 9.90 Å². The van der Waals surface area contributed by atoms with E-state index < -0.39 is 0 Å². The number of benzene rings is 2. The minimum atomic E-state index is -0.339. The number of urea groups is 1. The number of amides is 2. The number of phenols is 1. The number of rotatable bonds is 5. The summed E-state index contributed by atoms with van der Waals surface area (Å²) in [6.07, 6.45) is 0. The second-order valence-electron chi connectivity index (χ2n) is 5.30. The van der Waals surface area contributed by atoms with Crippen molar-refractivity contribution in [1.29, 1.82) is 0 Å². The fraction of sp³-hybridized carbons (Fsp3) is 0.278. The van der Waals surface area contributed by atoms with Crippen LogP contribution in [0.1, 0.15) is 19.4 Å². The molecular weight excluding hydrogens is 290 g/mol. The van der Waals surface area contributed by atoms with Crippen LogP contribution in [0.15, 0.2) is 42.5 Å². The first-order valence-electron chi connectivity index (χ1n) is 7.76. The van der Waals surface area contributed by atoms with Gasteiger partial charge in [0.25, 0.3) is 0 Å². The molecule has 0 heterocycles. The number of anilines is 3. The second kappa shape index (κ2) is 7.54. The van der Waals surface area contributed by atoms with Crippen LogP contribution >= 0.6 is 0 Å². The Morgan fingerprint density at radius 1 is 1.09 bits per heavy atom. The van der Waals surface area contributed by atoms with Crippen molar-refractivity contribution in [2.75, 3.05) is 28.6 Å². The summed E-state index contributed by atoms with van der Waals surface area (Å²) >= 11 is 0. The molecule has 0 aromatic heterocycles. The molecule has 0 aliphatic heterocycles. The molecule has 0 unspecified atom stereocenters. The van der Waals surface area contributed by atoms with Crippen LogP contribution in [0, 0.1) is 6.92 Å². The van der Waals surface area contributed by atoms with E-state index in [9.17, 15) is 9.90 Å². The number of carbonyl (C=O) groups excluding carboxylic acids is 1. The van der Waals surface area contributed by atoms with E-state index >= 15 is 0 Å². The van der Waals surface area contributed by atoms with E-state index in [0.29, 0.717) is 5.69 Å². The third-order valence-electron chi connectivity index (χ3n) is 3.69. The van der Waals surface area contributed by atoms with Crippen molar-refractivity contribution in [2.24, 2.45) is 0 Å². The molecule has 0 aliphatic carbocycles. The second-order valence-corrected chi connectivity index (χ2v) is 5.30. The summed E-state index contributed by atoms with van der Waals surface area (Å²) in [5.41, 5.74) is 3.45. The first kappa shape index (κ1) is 16.7. The number of phenolic OH excluding ortho intramolecular Hbond substituents is 1. The summed E-state index contributed by atoms with van der Waals surface area (Å²) in [7, 11) is 0. The standard InChI is InChI=1S/C18H23N3O2/c1-4-21(5-2)15-9-10-17(13(3)11-15)20-18(23)19-14-7-6-8-16(22)12-14/h6-12,22H,4-5H2,1-3H3,(H2,19,20,23). The van der Waals surface area contributed by atoms with Gasteiger partial charge in [0.05, 0.1) is 0 Å². The number of aryl methyl sites for hydroxylation is 1. The number of aromatic hydroxyl groups is 1. The van der Waals surface area contributed by atoms with Crippen LogP contribution in [-0.2, 0) is 0 Å². The Morgan fingerprint density at radius 3 is 2.43 bits per heavy atom. The molecule has 0 aliphatic rings. The molecule has 0 radical (unpaired) electrons. The zero-order valence-corrected chi connectivity index (χ0v) is 13.8. The summed E-state index contributed by atoms with van der Waals surface area (Å²) in [6.45, 7) is 8.10. The third-order valence-corrected chi connectivity index (χ3v) is 3.69. The summed E-state index contributed by atoms with van der Waals surface area (Å²) in [6, 6.07) is 12.1. The molecule has 2 aromatic rings. The zero-order valence-electron chi connectivity index (χ0n) is 13.8. The monoisotopic (exact) mass is 313 g/mol. The van der Waals surface area contributed by atoms with Crippen LogP contribution in [0.25, 0.3) is 0 Å². The molecule has 3 N–H and O–H groups in total. The predicted octanol–water partition coefficient (Wildman–Crippen LogP) is 4.19. The Labute approximate surface area is 136 Å². The maximum Gasteiger partial charge on any atom is 0.323 e. The maximum absolute atomic E-state index is 12.1. The Kier molecular flexibility index (Phi) is 5.46. The van der Waals surface area contributed by atoms with Gasteiger partial charge in [-0.25, -0.2) is 4.79 Å². The molecule has 122 valence electrons. The minimum Gasteiger partial charge on any atom is -0.508 e. The number of hydrogen-bond donors (Lipinski definition) is 3. The predicted molar refractivity (Wildman–Crippen MR) is 95.5 cm³/mol. The Balaban J connectivity index is 2.06. The Hall–Kier alpha value is -2.69. The molecule has 0 saturated carbocycles. The van der Waals surface area contributed by atoms with Gasteiger partial charge in [0.1, 0.15) is 5.75 Å². The van der Waals surface area contributed by atoms with Crippen LogP contribution in [0.4, 0.5) is 21.9 Å². The molecule has 0 fully saturated rings. The van der Waals surface area contributed by atoms with E-state index in [0.717, 1.165) is 30.0 Å². The van der Waals surface area contributed by atoms with Gasteiger partial charge < -0.3 is 20.6 Å². The lowest BCUT2D eigenvalue weighted by Crippen LogP contribution is -2.22. The fourth-order valence-corrected chi connectivity index (χ4v) is 2.44. The summed E-state index contributed by atoms with van der Waals surface area (Å²) in [5, 5.41) is 14.9. The average molecular weight is 313 g/mol. The van der Waals surface area contributed by atoms with Gasteiger partial charge in [-0.15, -0.1) is 0 Å². The van der Waals surface area contributed by atoms with E-state index in [-0.39, 0.29) is 11.8 Å². The van der Waals surface area contributed by atoms with Crippen LogP contribution < -0.4 is 15.5 Å². The fourth-order valence-electron chi connectivity index (χ4n) is 2.44. The molecule has 0 spiro atoms. The SMILES string of the molecule is CCN(CC)c1ccc(NC(=O)Nc2cccc(O)c2)c(C)c1. The van der Waals surface area contributed by atoms with Gasteiger partial charge in [-0.2, -0.15) is 0 Å². The van der Waals surface area contributed by atoms with Crippen molar-refractivity contribution >= 4 is 23.1 Å². The van der Waals surface area contributed by atoms with Crippen LogP contribution in [0.2, 0.25) is 0 Å². The normalized spacial score (nSPS) is 10.2. The van der Waals surface area contributed by atoms with Gasteiger partial charge in [-0.3, -0.25) is 0 Å². The summed E-state index contributed by atoms with van der Waals surface area (Å²) in [4.78, 5) is 14.3. The molecule has 0 bridgehead atoms. The molecule has 0 saturated heterocycles. The lowest BCUT2D eigenvalue weighted by Gasteiger charge is -2.22. The lowest BCUT2D eigenvalue weighted by molar-refractivity contribution is 0.262. The number of hydrogen-bond acceptors (Lipinski definition) is 3. The van der Waals surface area contributed by atoms with Gasteiger partial charge in [-0.1, -0.05) is 6.07 Å². The van der Waals surface area contributed by atoms with E-state index in [2.05, 4.69) is 35.4 Å². The van der Waals surface area contributed by atoms with Gasteiger partial charge >= 0.3 is 6.03 Å². The highest BCUT2D eigenvalue weighted by Crippen LogP contribution is 2.23. The van der Waals surface area contributed by atoms with Crippen molar-refractivity contribution in [3.63, 3.8) is 0 Å². The van der Waals surface area contributed by atoms with E-state index in [1.807, 2.05) is 19.1 Å². The van der Waals surface area contributed by atoms with E-state index in [1.54, 1.807) is 18.2 Å². The van der Waals surface area contributed by atoms with Gasteiger partial charge in [-0.05, 0) is 56.7 Å². The highest BCUT2D eigenvalue weighted by Gasteiger charge is 2.08. The Morgan fingerprint density at radius 2 is 1.83 bits per heavy atom. The molecule has 5 nitrogen and oxygen atoms in total. The smallest absolute Gasteiger partial charge is 0.323 e. The van der Waals surface area contributed by atoms with E-state index in [4.69, 9.17) is 0 Å². The summed E-state index contributed by atoms with van der Waals surface area (Å²) < 4.78 is 0. The topological polar surface area (TPSA) is 64.6 Å². The lowest BCUT2D eigenvalue weighted by atomic mass is 10.1. The quantitative estimate of drug-likeness (QED) is 0.775. The maximum atomic E-state index is 12.1. The number of nitrogens with zero attached hydrogens (tertiary/aromatic N) is 1. The minimum absolute atomic E-state index is 0.113. The molecule has 23 heavy (non-hydrogen) atoms. The largest absolute Gasteiger partial charge is 0.508 e. The third kappa shape index (κ3) is 4.39. The number of carbonyl (C=O) groups is 1. The molecular formula is C18H23N3O2. The molecule has 5 heteroatoms. The zero-order chi connectivity index (χ0) is 16.8. The van der Waals surface area contributed by atoms with Gasteiger partial charge in [0.2, 0.25) is 0 Å². The van der Waals surface area contributed by atoms with E-state index in [1.165, 1.54) is 6.07 Å². The highest BCUT2D eigenvalue weighted by atomic mass is 16.3. The first-order valence-corrected chi connectivity index (χ1v) is 7.76. The molecule has 2 amide bonds. The molecule has 0 atom stereocenters. The molecule has 2 aromatic carbocycles. The first-order chi connectivity index (χ1) is 11.0. The van der Waals surface area contributed by atoms with Gasteiger partial charge in [0.15, 0.2) is 0 Å². The Bertz CT molecular complexity index is 682. The van der Waals surface area contributed by atoms with Crippen molar-refractivity contribution in [3.8, 4) is 5.75 Å². The van der Waals surface area contributed by atoms with Crippen LogP contribution in [-0.4, -0.2) is 24.2 Å². The molecule has 2 rings (SSSR count). The average Bonchev–Trinajstić information content (AvgIpc) is 2.51. The highest BCUT2D eigenvalue weighted by molar-refractivity contribution is 6.00. The van der Waals surface area contributed by atoms with Crippen molar-refractivity contribution in [3.05, 3.63) is 48.0 Å². The van der Waals surface area contributed by atoms with Gasteiger partial charge in [0, 0.05) is 36.2 Å². The summed E-state index contributed by atoms with van der Waals surface area (Å²) in [5.74, 6) is 0.113. The van der Waals surface area contributed by atoms with Crippen LogP contribution in [0.5, 0.6) is 5.75 Å². The van der Waals surface area contributed by atoms with Crippen LogP contribution in [0.3, 0.4) is 0 Å². The number of nitrogens with one attached hydrogen (secondary N) is 2. The van der Waals surface area contributed by atoms with Crippen molar-refractivity contribution in [2.45, 2.75) is 20.8 Å². The van der Waals surface area contributed by atoms with Crippen molar-refractivity contribution in [1.82, 2.24) is 0 Å².